The Bertz CT molecular complexity index is 982. The molecule has 0 spiro atoms. The van der Waals surface area contributed by atoms with Gasteiger partial charge in [0.1, 0.15) is 5.82 Å². The minimum atomic E-state index is 0.0589. The van der Waals surface area contributed by atoms with Gasteiger partial charge < -0.3 is 9.88 Å². The number of nitrogens with zero attached hydrogens (tertiary/aromatic N) is 2. The van der Waals surface area contributed by atoms with Crippen LogP contribution in [0.25, 0.3) is 17.1 Å². The molecule has 0 unspecified atom stereocenters. The molecule has 0 radical (unpaired) electrons. The van der Waals surface area contributed by atoms with Crippen molar-refractivity contribution < 1.29 is 4.79 Å². The molecule has 0 saturated carbocycles. The van der Waals surface area contributed by atoms with E-state index in [1.165, 1.54) is 5.56 Å². The molecule has 0 bridgehead atoms. The molecule has 1 saturated heterocycles. The number of hydrogen-bond acceptors (Lipinski definition) is 2. The largest absolute Gasteiger partial charge is 0.342 e. The zero-order valence-corrected chi connectivity index (χ0v) is 16.0. The van der Waals surface area contributed by atoms with Gasteiger partial charge in [-0.25, -0.2) is 4.98 Å². The average molecular weight is 380 g/mol. The second kappa shape index (κ2) is 7.57. The van der Waals surface area contributed by atoms with Gasteiger partial charge in [-0.2, -0.15) is 0 Å². The number of carbonyl (C=O) groups excluding carboxylic acids is 1. The maximum Gasteiger partial charge on any atom is 0.246 e. The first-order valence-corrected chi connectivity index (χ1v) is 9.65. The number of aryl methyl sites for hydroxylation is 1. The Hall–Kier alpha value is -2.59. The highest BCUT2D eigenvalue weighted by Gasteiger charge is 2.24. The molecule has 1 fully saturated rings. The van der Waals surface area contributed by atoms with Crippen LogP contribution in [0.5, 0.6) is 0 Å². The van der Waals surface area contributed by atoms with Crippen LogP contribution in [0.2, 0.25) is 5.02 Å². The van der Waals surface area contributed by atoms with Crippen molar-refractivity contribution in [1.29, 1.82) is 0 Å². The molecule has 138 valence electrons. The lowest BCUT2D eigenvalue weighted by molar-refractivity contribution is -0.127. The van der Waals surface area contributed by atoms with Gasteiger partial charge in [0.05, 0.1) is 11.0 Å². The van der Waals surface area contributed by atoms with Crippen LogP contribution in [0.3, 0.4) is 0 Å². The Morgan fingerprint density at radius 1 is 1.19 bits per heavy atom. The fourth-order valence-corrected chi connectivity index (χ4v) is 3.68. The van der Waals surface area contributed by atoms with Crippen molar-refractivity contribution in [3.8, 4) is 0 Å². The quantitative estimate of drug-likeness (QED) is 0.655. The van der Waals surface area contributed by atoms with Crippen molar-refractivity contribution in [1.82, 2.24) is 14.9 Å². The van der Waals surface area contributed by atoms with Crippen molar-refractivity contribution in [3.05, 3.63) is 70.5 Å². The van der Waals surface area contributed by atoms with Crippen molar-refractivity contribution >= 4 is 34.6 Å². The second-order valence-corrected chi connectivity index (χ2v) is 7.56. The molecule has 0 atom stereocenters. The predicted octanol–water partition coefficient (Wildman–Crippen LogP) is 4.94. The van der Waals surface area contributed by atoms with Gasteiger partial charge in [0, 0.05) is 30.1 Å². The van der Waals surface area contributed by atoms with Gasteiger partial charge in [-0.3, -0.25) is 4.79 Å². The number of piperidine rings is 1. The minimum absolute atomic E-state index is 0.0589. The smallest absolute Gasteiger partial charge is 0.246 e. The first kappa shape index (κ1) is 17.8. The third-order valence-corrected chi connectivity index (χ3v) is 5.39. The van der Waals surface area contributed by atoms with Gasteiger partial charge in [0.25, 0.3) is 0 Å². The molecule has 0 aliphatic carbocycles. The fraction of sp³-hybridized carbons (Fsp3) is 0.273. The molecule has 4 rings (SSSR count). The van der Waals surface area contributed by atoms with E-state index in [0.29, 0.717) is 10.9 Å². The Morgan fingerprint density at radius 3 is 2.67 bits per heavy atom. The highest BCUT2D eigenvalue weighted by atomic mass is 35.5. The summed E-state index contributed by atoms with van der Waals surface area (Å²) in [6, 6.07) is 13.7. The Morgan fingerprint density at radius 2 is 1.93 bits per heavy atom. The van der Waals surface area contributed by atoms with Crippen molar-refractivity contribution in [2.45, 2.75) is 25.7 Å². The topological polar surface area (TPSA) is 49.0 Å². The number of hydrogen-bond donors (Lipinski definition) is 1. The van der Waals surface area contributed by atoms with E-state index in [-0.39, 0.29) is 5.91 Å². The van der Waals surface area contributed by atoms with E-state index in [0.717, 1.165) is 48.4 Å². The number of carbonyl (C=O) groups is 1. The predicted molar refractivity (Wildman–Crippen MR) is 110 cm³/mol. The first-order valence-electron chi connectivity index (χ1n) is 9.27. The Kier molecular flexibility index (Phi) is 4.99. The van der Waals surface area contributed by atoms with Crippen LogP contribution < -0.4 is 0 Å². The molecule has 2 heterocycles. The molecule has 1 aliphatic heterocycles. The number of amides is 1. The Balaban J connectivity index is 1.37. The summed E-state index contributed by atoms with van der Waals surface area (Å²) in [6.07, 6.45) is 5.35. The SMILES string of the molecule is Cc1ccc2nc(C3CCN(C(=O)/C=C/c4ccc(Cl)cc4)CC3)[nH]c2c1. The molecule has 5 heteroatoms. The number of imidazole rings is 1. The van der Waals surface area contributed by atoms with Crippen molar-refractivity contribution in [2.24, 2.45) is 0 Å². The molecule has 1 aromatic heterocycles. The normalized spacial score (nSPS) is 15.7. The molecule has 1 aliphatic rings. The number of halogens is 1. The molecule has 3 aromatic rings. The van der Waals surface area contributed by atoms with Crippen molar-refractivity contribution in [3.63, 3.8) is 0 Å². The van der Waals surface area contributed by atoms with E-state index in [4.69, 9.17) is 16.6 Å². The lowest BCUT2D eigenvalue weighted by Crippen LogP contribution is -2.37. The maximum absolute atomic E-state index is 12.4. The number of likely N-dealkylation sites (tertiary alicyclic amines) is 1. The van der Waals surface area contributed by atoms with E-state index in [1.807, 2.05) is 35.2 Å². The molecule has 2 aromatic carbocycles. The summed E-state index contributed by atoms with van der Waals surface area (Å²) in [6.45, 7) is 3.59. The summed E-state index contributed by atoms with van der Waals surface area (Å²) in [5, 5.41) is 0.696. The van der Waals surface area contributed by atoms with Crippen LogP contribution in [0.4, 0.5) is 0 Å². The van der Waals surface area contributed by atoms with Gasteiger partial charge in [-0.05, 0) is 61.2 Å². The van der Waals surface area contributed by atoms with Gasteiger partial charge >= 0.3 is 0 Å². The highest BCUT2D eigenvalue weighted by molar-refractivity contribution is 6.30. The number of aromatic amines is 1. The van der Waals surface area contributed by atoms with Crippen LogP contribution >= 0.6 is 11.6 Å². The van der Waals surface area contributed by atoms with E-state index in [2.05, 4.69) is 30.1 Å². The van der Waals surface area contributed by atoms with Gasteiger partial charge in [0.15, 0.2) is 0 Å². The highest BCUT2D eigenvalue weighted by Crippen LogP contribution is 2.28. The maximum atomic E-state index is 12.4. The molecule has 1 amide bonds. The van der Waals surface area contributed by atoms with Crippen LogP contribution in [0.15, 0.2) is 48.5 Å². The third-order valence-electron chi connectivity index (χ3n) is 5.14. The van der Waals surface area contributed by atoms with Crippen molar-refractivity contribution in [2.75, 3.05) is 13.1 Å². The summed E-state index contributed by atoms with van der Waals surface area (Å²) in [7, 11) is 0. The summed E-state index contributed by atoms with van der Waals surface area (Å²) in [4.78, 5) is 22.6. The number of benzene rings is 2. The molecular weight excluding hydrogens is 358 g/mol. The average Bonchev–Trinajstić information content (AvgIpc) is 3.10. The number of H-pyrrole nitrogens is 1. The molecule has 1 N–H and O–H groups in total. The Labute approximate surface area is 163 Å². The van der Waals surface area contributed by atoms with Gasteiger partial charge in [-0.1, -0.05) is 29.8 Å². The summed E-state index contributed by atoms with van der Waals surface area (Å²) >= 11 is 5.89. The van der Waals surface area contributed by atoms with E-state index >= 15 is 0 Å². The van der Waals surface area contributed by atoms with E-state index in [1.54, 1.807) is 6.08 Å². The number of aromatic nitrogens is 2. The zero-order valence-electron chi connectivity index (χ0n) is 15.3. The minimum Gasteiger partial charge on any atom is -0.342 e. The van der Waals surface area contributed by atoms with Crippen LogP contribution in [-0.4, -0.2) is 33.9 Å². The van der Waals surface area contributed by atoms with Crippen LogP contribution in [0.1, 0.15) is 35.7 Å². The van der Waals surface area contributed by atoms with Gasteiger partial charge in [0.2, 0.25) is 5.91 Å². The third kappa shape index (κ3) is 4.06. The van der Waals surface area contributed by atoms with E-state index < -0.39 is 0 Å². The lowest BCUT2D eigenvalue weighted by Gasteiger charge is -2.30. The molecule has 27 heavy (non-hydrogen) atoms. The monoisotopic (exact) mass is 379 g/mol. The number of nitrogens with one attached hydrogen (secondary N) is 1. The summed E-state index contributed by atoms with van der Waals surface area (Å²) in [5.74, 6) is 1.48. The summed E-state index contributed by atoms with van der Waals surface area (Å²) < 4.78 is 0. The number of rotatable bonds is 3. The lowest BCUT2D eigenvalue weighted by atomic mass is 9.96. The second-order valence-electron chi connectivity index (χ2n) is 7.13. The summed E-state index contributed by atoms with van der Waals surface area (Å²) in [5.41, 5.74) is 4.31. The standard InChI is InChI=1S/C22H22ClN3O/c1-15-2-8-19-20(14-15)25-22(24-19)17-10-12-26(13-11-17)21(27)9-5-16-3-6-18(23)7-4-16/h2-9,14,17H,10-13H2,1H3,(H,24,25)/b9-5+. The van der Waals surface area contributed by atoms with E-state index in [9.17, 15) is 4.79 Å². The fourth-order valence-electron chi connectivity index (χ4n) is 3.56. The van der Waals surface area contributed by atoms with Gasteiger partial charge in [-0.15, -0.1) is 0 Å². The first-order chi connectivity index (χ1) is 13.1. The molecular formula is C22H22ClN3O. The number of fused-ring (bicyclic) bond motifs is 1. The molecule has 4 nitrogen and oxygen atoms in total. The van der Waals surface area contributed by atoms with Crippen LogP contribution in [-0.2, 0) is 4.79 Å². The zero-order chi connectivity index (χ0) is 18.8. The van der Waals surface area contributed by atoms with Crippen LogP contribution in [0, 0.1) is 6.92 Å².